The van der Waals surface area contributed by atoms with Crippen LogP contribution in [-0.2, 0) is 25.5 Å². The number of allylic oxidation sites excluding steroid dienone is 1. The van der Waals surface area contributed by atoms with Gasteiger partial charge in [-0.25, -0.2) is 0 Å². The third kappa shape index (κ3) is 5.72. The highest BCUT2D eigenvalue weighted by Crippen LogP contribution is 2.72. The van der Waals surface area contributed by atoms with Crippen molar-refractivity contribution in [3.05, 3.63) is 90.5 Å². The van der Waals surface area contributed by atoms with E-state index in [0.717, 1.165) is 18.4 Å². The summed E-state index contributed by atoms with van der Waals surface area (Å²) in [5.41, 5.74) is 1.46. The van der Waals surface area contributed by atoms with E-state index in [1.165, 1.54) is 0 Å². The van der Waals surface area contributed by atoms with Crippen LogP contribution in [0.3, 0.4) is 0 Å². The molecule has 2 aromatic rings. The standard InChI is InChI=1S/C35H41ClN2O5S/c1-4-6-7-13-21-43-33(42)29-28-31(40)38(25(23-39)22-24-14-9-8-10-15-24)30(35(28)19-18-34(29,3)44-35)32(41)37(20-5-2)27-17-12-11-16-26(27)36/h4-5,8-12,14-17,25,28-30,39H,1-2,6-7,13,18-23H2,3H3/t25-,28+,29+,30?,34-,35?/m1/s1. The molecule has 3 aliphatic rings. The fraction of sp³-hybridized carbons (Fsp3) is 0.457. The van der Waals surface area contributed by atoms with Crippen molar-refractivity contribution in [3.63, 3.8) is 0 Å². The molecule has 3 aliphatic heterocycles. The second-order valence-corrected chi connectivity index (χ2v) is 14.4. The number of hydrogen-bond donors (Lipinski definition) is 1. The Kier molecular flexibility index (Phi) is 9.93. The number of ether oxygens (including phenoxy) is 1. The number of para-hydroxylation sites is 1. The minimum Gasteiger partial charge on any atom is -0.465 e. The van der Waals surface area contributed by atoms with Crippen LogP contribution < -0.4 is 4.90 Å². The molecule has 2 unspecified atom stereocenters. The molecule has 0 saturated carbocycles. The number of carbonyl (C=O) groups is 3. The second kappa shape index (κ2) is 13.5. The molecule has 5 rings (SSSR count). The van der Waals surface area contributed by atoms with Crippen molar-refractivity contribution < 1.29 is 24.2 Å². The number of benzene rings is 2. The minimum absolute atomic E-state index is 0.183. The normalized spacial score (nSPS) is 27.6. The van der Waals surface area contributed by atoms with Gasteiger partial charge in [0.25, 0.3) is 5.91 Å². The zero-order valence-corrected chi connectivity index (χ0v) is 26.8. The first-order chi connectivity index (χ1) is 21.2. The van der Waals surface area contributed by atoms with Crippen molar-refractivity contribution in [1.82, 2.24) is 4.90 Å². The van der Waals surface area contributed by atoms with Crippen LogP contribution in [0, 0.1) is 11.8 Å². The zero-order chi connectivity index (χ0) is 31.5. The van der Waals surface area contributed by atoms with E-state index in [-0.39, 0.29) is 37.5 Å². The third-order valence-electron chi connectivity index (χ3n) is 9.39. The van der Waals surface area contributed by atoms with Gasteiger partial charge in [0, 0.05) is 11.3 Å². The van der Waals surface area contributed by atoms with Crippen LogP contribution in [0.25, 0.3) is 0 Å². The second-order valence-electron chi connectivity index (χ2n) is 12.1. The molecule has 2 bridgehead atoms. The van der Waals surface area contributed by atoms with Gasteiger partial charge in [0.15, 0.2) is 0 Å². The first-order valence-electron chi connectivity index (χ1n) is 15.3. The summed E-state index contributed by atoms with van der Waals surface area (Å²) in [6.45, 7) is 9.78. The number of nitrogens with zero attached hydrogens (tertiary/aromatic N) is 2. The van der Waals surface area contributed by atoms with Gasteiger partial charge < -0.3 is 19.6 Å². The van der Waals surface area contributed by atoms with Gasteiger partial charge in [-0.2, -0.15) is 0 Å². The Morgan fingerprint density at radius 2 is 1.86 bits per heavy atom. The highest BCUT2D eigenvalue weighted by molar-refractivity contribution is 8.02. The number of aliphatic hydroxyl groups is 1. The molecule has 1 N–H and O–H groups in total. The molecule has 0 aliphatic carbocycles. The largest absolute Gasteiger partial charge is 0.465 e. The van der Waals surface area contributed by atoms with E-state index < -0.39 is 33.4 Å². The van der Waals surface area contributed by atoms with Gasteiger partial charge in [-0.15, -0.1) is 24.9 Å². The summed E-state index contributed by atoms with van der Waals surface area (Å²) in [6.07, 6.45) is 7.52. The Bertz CT molecular complexity index is 1400. The van der Waals surface area contributed by atoms with E-state index in [1.54, 1.807) is 45.8 Å². The van der Waals surface area contributed by atoms with Gasteiger partial charge in [-0.1, -0.05) is 66.2 Å². The van der Waals surface area contributed by atoms with Crippen molar-refractivity contribution in [1.29, 1.82) is 0 Å². The van der Waals surface area contributed by atoms with E-state index in [9.17, 15) is 19.5 Å². The average molecular weight is 637 g/mol. The summed E-state index contributed by atoms with van der Waals surface area (Å²) >= 11 is 8.19. The van der Waals surface area contributed by atoms with Gasteiger partial charge in [0.1, 0.15) is 6.04 Å². The van der Waals surface area contributed by atoms with E-state index in [2.05, 4.69) is 13.2 Å². The lowest BCUT2D eigenvalue weighted by atomic mass is 9.66. The molecule has 3 saturated heterocycles. The van der Waals surface area contributed by atoms with E-state index in [1.807, 2.05) is 49.4 Å². The molecule has 3 fully saturated rings. The van der Waals surface area contributed by atoms with Gasteiger partial charge in [0.05, 0.1) is 46.5 Å². The molecular formula is C35H41ClN2O5S. The minimum atomic E-state index is -0.922. The van der Waals surface area contributed by atoms with Crippen LogP contribution in [0.2, 0.25) is 5.02 Å². The number of unbranched alkanes of at least 4 members (excludes halogenated alkanes) is 2. The Labute approximate surface area is 269 Å². The molecule has 3 heterocycles. The maximum Gasteiger partial charge on any atom is 0.311 e. The van der Waals surface area contributed by atoms with Crippen LogP contribution >= 0.6 is 23.4 Å². The number of hydrogen-bond acceptors (Lipinski definition) is 6. The number of amides is 2. The number of aliphatic hydroxyl groups excluding tert-OH is 1. The number of likely N-dealkylation sites (tertiary alicyclic amines) is 1. The lowest BCUT2D eigenvalue weighted by Crippen LogP contribution is -2.58. The van der Waals surface area contributed by atoms with Gasteiger partial charge in [-0.3, -0.25) is 14.4 Å². The van der Waals surface area contributed by atoms with Gasteiger partial charge in [0.2, 0.25) is 5.91 Å². The van der Waals surface area contributed by atoms with Crippen molar-refractivity contribution in [2.75, 3.05) is 24.7 Å². The maximum atomic E-state index is 14.9. The number of halogens is 1. The molecule has 2 aromatic carbocycles. The molecule has 6 atom stereocenters. The molecular weight excluding hydrogens is 596 g/mol. The first-order valence-corrected chi connectivity index (χ1v) is 16.5. The molecule has 0 radical (unpaired) electrons. The van der Waals surface area contributed by atoms with Crippen LogP contribution in [0.15, 0.2) is 79.9 Å². The topological polar surface area (TPSA) is 87.1 Å². The fourth-order valence-electron chi connectivity index (χ4n) is 7.44. The van der Waals surface area contributed by atoms with Crippen molar-refractivity contribution in [3.8, 4) is 0 Å². The fourth-order valence-corrected chi connectivity index (χ4v) is 10.0. The van der Waals surface area contributed by atoms with Crippen LogP contribution in [0.5, 0.6) is 0 Å². The number of rotatable bonds is 14. The van der Waals surface area contributed by atoms with Crippen LogP contribution in [-0.4, -0.2) is 69.1 Å². The first kappa shape index (κ1) is 32.3. The van der Waals surface area contributed by atoms with Gasteiger partial charge in [-0.05, 0) is 63.1 Å². The predicted molar refractivity (Wildman–Crippen MR) is 176 cm³/mol. The zero-order valence-electron chi connectivity index (χ0n) is 25.2. The molecule has 44 heavy (non-hydrogen) atoms. The molecule has 9 heteroatoms. The number of esters is 1. The van der Waals surface area contributed by atoms with Crippen molar-refractivity contribution in [2.45, 2.75) is 67.0 Å². The third-order valence-corrected chi connectivity index (χ3v) is 11.7. The molecule has 1 spiro atoms. The SMILES string of the molecule is C=CCCCCOC(=O)[C@@H]1[C@H]2C(=O)N([C@@H](CO)Cc3ccccc3)C(C(=O)N(CC=C)c3ccccc3Cl)C23CC[C@@]1(C)S3. The molecule has 234 valence electrons. The quantitative estimate of drug-likeness (QED) is 0.159. The van der Waals surface area contributed by atoms with Crippen molar-refractivity contribution in [2.24, 2.45) is 11.8 Å². The summed E-state index contributed by atoms with van der Waals surface area (Å²) < 4.78 is 4.38. The highest BCUT2D eigenvalue weighted by Gasteiger charge is 2.78. The smallest absolute Gasteiger partial charge is 0.311 e. The number of anilines is 1. The Morgan fingerprint density at radius 3 is 2.55 bits per heavy atom. The monoisotopic (exact) mass is 636 g/mol. The predicted octanol–water partition coefficient (Wildman–Crippen LogP) is 5.84. The van der Waals surface area contributed by atoms with E-state index in [4.69, 9.17) is 16.3 Å². The maximum absolute atomic E-state index is 14.9. The van der Waals surface area contributed by atoms with Crippen LogP contribution in [0.1, 0.15) is 44.6 Å². The van der Waals surface area contributed by atoms with Crippen molar-refractivity contribution >= 4 is 46.8 Å². The number of thioether (sulfide) groups is 1. The Hall–Kier alpha value is -3.07. The van der Waals surface area contributed by atoms with Gasteiger partial charge >= 0.3 is 5.97 Å². The molecule has 0 aromatic heterocycles. The number of carbonyl (C=O) groups excluding carboxylic acids is 3. The summed E-state index contributed by atoms with van der Waals surface area (Å²) in [4.78, 5) is 46.5. The number of fused-ring (bicyclic) bond motifs is 1. The molecule has 7 nitrogen and oxygen atoms in total. The Balaban J connectivity index is 1.56. The summed E-state index contributed by atoms with van der Waals surface area (Å²) in [7, 11) is 0. The molecule has 2 amide bonds. The average Bonchev–Trinajstić information content (AvgIpc) is 3.59. The lowest BCUT2D eigenvalue weighted by Gasteiger charge is -2.39. The highest BCUT2D eigenvalue weighted by atomic mass is 35.5. The summed E-state index contributed by atoms with van der Waals surface area (Å²) in [5.74, 6) is -2.40. The Morgan fingerprint density at radius 1 is 1.14 bits per heavy atom. The van der Waals surface area contributed by atoms with Crippen LogP contribution in [0.4, 0.5) is 5.69 Å². The lowest BCUT2D eigenvalue weighted by molar-refractivity contribution is -0.156. The summed E-state index contributed by atoms with van der Waals surface area (Å²) in [5, 5.41) is 11.2. The van der Waals surface area contributed by atoms with E-state index in [0.29, 0.717) is 36.4 Å². The van der Waals surface area contributed by atoms with E-state index >= 15 is 0 Å². The summed E-state index contributed by atoms with van der Waals surface area (Å²) in [6, 6.07) is 15.1.